The fourth-order valence-corrected chi connectivity index (χ4v) is 5.43. The van der Waals surface area contributed by atoms with Crippen LogP contribution >= 0.6 is 0 Å². The molecule has 1 aromatic rings. The molecule has 0 spiro atoms. The molecule has 1 saturated carbocycles. The second kappa shape index (κ2) is 9.32. The van der Waals surface area contributed by atoms with Crippen molar-refractivity contribution in [3.63, 3.8) is 0 Å². The smallest absolute Gasteiger partial charge is 0.312 e. The van der Waals surface area contributed by atoms with E-state index in [1.54, 1.807) is 6.92 Å². The first-order valence-corrected chi connectivity index (χ1v) is 11.3. The Morgan fingerprint density at radius 2 is 1.77 bits per heavy atom. The molecule has 4 atom stereocenters. The molecule has 3 rings (SSSR count). The predicted octanol–water partition coefficient (Wildman–Crippen LogP) is 4.70. The largest absolute Gasteiger partial charge is 0.469 e. The van der Waals surface area contributed by atoms with Crippen molar-refractivity contribution in [2.45, 2.75) is 77.7 Å². The van der Waals surface area contributed by atoms with E-state index < -0.39 is 23.2 Å². The SMILES string of the molecule is CCC(C)(C(=O)OC)C1C(=O)N(C2CCCCC2)C(=O)C1CC(C)c1ccccc1. The lowest BCUT2D eigenvalue weighted by molar-refractivity contribution is -0.160. The Morgan fingerprint density at radius 1 is 1.13 bits per heavy atom. The molecule has 2 aliphatic rings. The molecule has 1 aliphatic carbocycles. The summed E-state index contributed by atoms with van der Waals surface area (Å²) in [5, 5.41) is 0. The van der Waals surface area contributed by atoms with Crippen LogP contribution in [0, 0.1) is 17.3 Å². The van der Waals surface area contributed by atoms with E-state index in [2.05, 4.69) is 19.1 Å². The molecule has 0 N–H and O–H groups in total. The predicted molar refractivity (Wildman–Crippen MR) is 116 cm³/mol. The van der Waals surface area contributed by atoms with Crippen molar-refractivity contribution in [1.29, 1.82) is 0 Å². The number of ether oxygens (including phenoxy) is 1. The number of nitrogens with zero attached hydrogens (tertiary/aromatic N) is 1. The monoisotopic (exact) mass is 413 g/mol. The topological polar surface area (TPSA) is 63.7 Å². The van der Waals surface area contributed by atoms with Crippen LogP contribution in [-0.2, 0) is 19.1 Å². The normalized spacial score (nSPS) is 25.8. The van der Waals surface area contributed by atoms with Crippen molar-refractivity contribution in [1.82, 2.24) is 4.90 Å². The number of likely N-dealkylation sites (tertiary alicyclic amines) is 1. The molecule has 1 aliphatic heterocycles. The molecule has 30 heavy (non-hydrogen) atoms. The zero-order valence-corrected chi connectivity index (χ0v) is 18.7. The minimum absolute atomic E-state index is 0.0305. The van der Waals surface area contributed by atoms with Crippen LogP contribution in [0.25, 0.3) is 0 Å². The summed E-state index contributed by atoms with van der Waals surface area (Å²) in [4.78, 5) is 41.6. The van der Waals surface area contributed by atoms with Crippen LogP contribution in [0.2, 0.25) is 0 Å². The lowest BCUT2D eigenvalue weighted by Crippen LogP contribution is -2.45. The second-order valence-electron chi connectivity index (χ2n) is 9.23. The number of methoxy groups -OCH3 is 1. The van der Waals surface area contributed by atoms with E-state index in [0.717, 1.165) is 37.7 Å². The Balaban J connectivity index is 1.97. The number of imide groups is 1. The van der Waals surface area contributed by atoms with Crippen molar-refractivity contribution in [3.8, 4) is 0 Å². The number of esters is 1. The minimum Gasteiger partial charge on any atom is -0.469 e. The molecule has 0 aromatic heterocycles. The van der Waals surface area contributed by atoms with Crippen molar-refractivity contribution in [2.75, 3.05) is 7.11 Å². The molecule has 5 heteroatoms. The highest BCUT2D eigenvalue weighted by Gasteiger charge is 2.59. The van der Waals surface area contributed by atoms with E-state index in [1.807, 2.05) is 25.1 Å². The maximum atomic E-state index is 13.7. The standard InChI is InChI=1S/C25H35NO4/c1-5-25(3,24(29)30-4)21-20(16-17(2)18-12-8-6-9-13-18)22(27)26(23(21)28)19-14-10-7-11-15-19/h6,8-9,12-13,17,19-21H,5,7,10-11,14-16H2,1-4H3. The van der Waals surface area contributed by atoms with Gasteiger partial charge in [0.1, 0.15) is 0 Å². The minimum atomic E-state index is -1.01. The first-order chi connectivity index (χ1) is 14.3. The van der Waals surface area contributed by atoms with Gasteiger partial charge in [-0.25, -0.2) is 0 Å². The van der Waals surface area contributed by atoms with Gasteiger partial charge in [0.15, 0.2) is 0 Å². The van der Waals surface area contributed by atoms with Crippen LogP contribution < -0.4 is 0 Å². The highest BCUT2D eigenvalue weighted by atomic mass is 16.5. The van der Waals surface area contributed by atoms with Crippen molar-refractivity contribution < 1.29 is 19.1 Å². The molecular weight excluding hydrogens is 378 g/mol. The van der Waals surface area contributed by atoms with Gasteiger partial charge in [-0.1, -0.05) is 63.4 Å². The maximum Gasteiger partial charge on any atom is 0.312 e. The molecule has 1 heterocycles. The van der Waals surface area contributed by atoms with Gasteiger partial charge in [-0.05, 0) is 44.1 Å². The molecule has 1 saturated heterocycles. The molecule has 5 nitrogen and oxygen atoms in total. The summed E-state index contributed by atoms with van der Waals surface area (Å²) >= 11 is 0. The van der Waals surface area contributed by atoms with Gasteiger partial charge in [-0.3, -0.25) is 19.3 Å². The molecule has 164 valence electrons. The van der Waals surface area contributed by atoms with Gasteiger partial charge in [-0.2, -0.15) is 0 Å². The Labute approximate surface area is 180 Å². The third-order valence-corrected chi connectivity index (χ3v) is 7.45. The van der Waals surface area contributed by atoms with Gasteiger partial charge in [0.25, 0.3) is 0 Å². The van der Waals surface area contributed by atoms with Gasteiger partial charge in [-0.15, -0.1) is 0 Å². The van der Waals surface area contributed by atoms with Gasteiger partial charge >= 0.3 is 5.97 Å². The average Bonchev–Trinajstić information content (AvgIpc) is 3.03. The molecular formula is C25H35NO4. The van der Waals surface area contributed by atoms with E-state index in [-0.39, 0.29) is 23.8 Å². The fourth-order valence-electron chi connectivity index (χ4n) is 5.43. The summed E-state index contributed by atoms with van der Waals surface area (Å²) in [6, 6.07) is 10.0. The van der Waals surface area contributed by atoms with E-state index in [1.165, 1.54) is 12.0 Å². The molecule has 0 radical (unpaired) electrons. The summed E-state index contributed by atoms with van der Waals surface area (Å²) < 4.78 is 5.10. The third kappa shape index (κ3) is 4.03. The third-order valence-electron chi connectivity index (χ3n) is 7.45. The number of amides is 2. The van der Waals surface area contributed by atoms with Crippen LogP contribution in [0.4, 0.5) is 0 Å². The maximum absolute atomic E-state index is 13.7. The van der Waals surface area contributed by atoms with Crippen LogP contribution in [0.15, 0.2) is 30.3 Å². The summed E-state index contributed by atoms with van der Waals surface area (Å²) in [5.41, 5.74) is 0.135. The van der Waals surface area contributed by atoms with Gasteiger partial charge in [0.05, 0.1) is 24.4 Å². The van der Waals surface area contributed by atoms with Crippen LogP contribution in [0.3, 0.4) is 0 Å². The molecule has 0 bridgehead atoms. The summed E-state index contributed by atoms with van der Waals surface area (Å²) in [5.74, 6) is -1.73. The highest BCUT2D eigenvalue weighted by molar-refractivity contribution is 6.07. The number of hydrogen-bond donors (Lipinski definition) is 0. The van der Waals surface area contributed by atoms with Gasteiger partial charge in [0.2, 0.25) is 11.8 Å². The van der Waals surface area contributed by atoms with Crippen molar-refractivity contribution in [3.05, 3.63) is 35.9 Å². The molecule has 4 unspecified atom stereocenters. The van der Waals surface area contributed by atoms with E-state index in [0.29, 0.717) is 12.8 Å². The molecule has 2 amide bonds. The number of carbonyl (C=O) groups excluding carboxylic acids is 3. The number of benzene rings is 1. The lowest BCUT2D eigenvalue weighted by Gasteiger charge is -2.34. The summed E-state index contributed by atoms with van der Waals surface area (Å²) in [7, 11) is 1.36. The van der Waals surface area contributed by atoms with Gasteiger partial charge in [0, 0.05) is 6.04 Å². The lowest BCUT2D eigenvalue weighted by atomic mass is 9.67. The number of rotatable bonds is 7. The van der Waals surface area contributed by atoms with E-state index >= 15 is 0 Å². The molecule has 1 aromatic carbocycles. The first-order valence-electron chi connectivity index (χ1n) is 11.3. The Bertz CT molecular complexity index is 771. The highest BCUT2D eigenvalue weighted by Crippen LogP contribution is 2.47. The van der Waals surface area contributed by atoms with Crippen LogP contribution in [0.5, 0.6) is 0 Å². The van der Waals surface area contributed by atoms with Crippen LogP contribution in [-0.4, -0.2) is 35.8 Å². The number of carbonyl (C=O) groups is 3. The van der Waals surface area contributed by atoms with Crippen LogP contribution in [0.1, 0.15) is 77.2 Å². The first kappa shape index (κ1) is 22.5. The summed E-state index contributed by atoms with van der Waals surface area (Å²) in [6.45, 7) is 5.78. The average molecular weight is 414 g/mol. The molecule has 2 fully saturated rings. The second-order valence-corrected chi connectivity index (χ2v) is 9.23. The quantitative estimate of drug-likeness (QED) is 0.480. The van der Waals surface area contributed by atoms with Crippen molar-refractivity contribution >= 4 is 17.8 Å². The zero-order valence-electron chi connectivity index (χ0n) is 18.7. The van der Waals surface area contributed by atoms with E-state index in [4.69, 9.17) is 4.74 Å². The number of hydrogen-bond acceptors (Lipinski definition) is 4. The zero-order chi connectivity index (χ0) is 21.9. The Hall–Kier alpha value is -2.17. The summed E-state index contributed by atoms with van der Waals surface area (Å²) in [6.07, 6.45) is 5.98. The van der Waals surface area contributed by atoms with E-state index in [9.17, 15) is 14.4 Å². The van der Waals surface area contributed by atoms with Gasteiger partial charge < -0.3 is 4.74 Å². The Kier molecular flexibility index (Phi) is 6.99. The Morgan fingerprint density at radius 3 is 2.33 bits per heavy atom. The van der Waals surface area contributed by atoms with Crippen molar-refractivity contribution in [2.24, 2.45) is 17.3 Å². The fraction of sp³-hybridized carbons (Fsp3) is 0.640.